The number of para-hydroxylation sites is 2. The highest BCUT2D eigenvalue weighted by Crippen LogP contribution is 2.48. The number of terminal acetylenes is 1. The van der Waals surface area contributed by atoms with Gasteiger partial charge < -0.3 is 10.0 Å². The number of amides is 1. The van der Waals surface area contributed by atoms with E-state index in [0.717, 1.165) is 27.9 Å². The summed E-state index contributed by atoms with van der Waals surface area (Å²) in [6.07, 6.45) is 8.27. The number of carbonyl (C=O) groups excluding carboxylic acids is 1. The quantitative estimate of drug-likeness (QED) is 0.414. The molecule has 1 amide bonds. The van der Waals surface area contributed by atoms with Gasteiger partial charge >= 0.3 is 0 Å². The molecule has 1 aliphatic rings. The molecule has 0 saturated carbocycles. The van der Waals surface area contributed by atoms with E-state index in [1.54, 1.807) is 16.8 Å². The van der Waals surface area contributed by atoms with Crippen LogP contribution >= 0.6 is 0 Å². The van der Waals surface area contributed by atoms with Crippen molar-refractivity contribution in [2.24, 2.45) is 0 Å². The number of phenols is 1. The standard InChI is InChI=1S/C29H26N4O2/c1-3-16-29(17-24-20-32(31-30-24)19-23-13-7-8-15-26(23)34)25-14-9-10-21(2)27(25)33(28(29)35)18-22-11-5-4-6-12-22/h1,4-15,20,34H,16-19H2,2H3/t29-/m0/s1. The summed E-state index contributed by atoms with van der Waals surface area (Å²) in [5, 5.41) is 18.7. The molecule has 6 heteroatoms. The lowest BCUT2D eigenvalue weighted by Crippen LogP contribution is -2.41. The summed E-state index contributed by atoms with van der Waals surface area (Å²) in [6, 6.07) is 23.1. The van der Waals surface area contributed by atoms with Crippen molar-refractivity contribution in [1.82, 2.24) is 15.0 Å². The number of benzene rings is 3. The minimum atomic E-state index is -0.916. The number of hydrogen-bond donors (Lipinski definition) is 1. The molecule has 0 radical (unpaired) electrons. The van der Waals surface area contributed by atoms with Crippen molar-refractivity contribution in [3.8, 4) is 18.1 Å². The van der Waals surface area contributed by atoms with E-state index in [1.165, 1.54) is 0 Å². The summed E-state index contributed by atoms with van der Waals surface area (Å²) in [5.74, 6) is 2.96. The predicted octanol–water partition coefficient (Wildman–Crippen LogP) is 4.39. The number of nitrogens with zero attached hydrogens (tertiary/aromatic N) is 4. The van der Waals surface area contributed by atoms with Crippen LogP contribution in [0.25, 0.3) is 0 Å². The van der Waals surface area contributed by atoms with Crippen molar-refractivity contribution < 1.29 is 9.90 Å². The number of phenolic OH excluding ortho intramolecular Hbond substituents is 1. The Morgan fingerprint density at radius 1 is 1.00 bits per heavy atom. The van der Waals surface area contributed by atoms with Gasteiger partial charge in [0, 0.05) is 24.6 Å². The lowest BCUT2D eigenvalue weighted by atomic mass is 9.75. The molecular weight excluding hydrogens is 436 g/mol. The molecule has 0 aliphatic carbocycles. The van der Waals surface area contributed by atoms with Crippen LogP contribution in [0.15, 0.2) is 79.0 Å². The Kier molecular flexibility index (Phi) is 5.84. The normalized spacial score (nSPS) is 16.8. The zero-order valence-electron chi connectivity index (χ0n) is 19.6. The third-order valence-electron chi connectivity index (χ3n) is 6.66. The van der Waals surface area contributed by atoms with Gasteiger partial charge in [0.1, 0.15) is 5.75 Å². The van der Waals surface area contributed by atoms with E-state index in [-0.39, 0.29) is 18.1 Å². The number of hydrogen-bond acceptors (Lipinski definition) is 4. The molecule has 1 atom stereocenters. The van der Waals surface area contributed by atoms with Crippen LogP contribution in [0.5, 0.6) is 5.75 Å². The average Bonchev–Trinajstić information content (AvgIpc) is 3.39. The fourth-order valence-corrected chi connectivity index (χ4v) is 5.00. The van der Waals surface area contributed by atoms with Crippen LogP contribution in [0.1, 0.15) is 34.4 Å². The summed E-state index contributed by atoms with van der Waals surface area (Å²) in [5.41, 5.74) is 4.46. The Morgan fingerprint density at radius 2 is 1.77 bits per heavy atom. The van der Waals surface area contributed by atoms with E-state index < -0.39 is 5.41 Å². The Bertz CT molecular complexity index is 1420. The largest absolute Gasteiger partial charge is 0.508 e. The lowest BCUT2D eigenvalue weighted by Gasteiger charge is -2.26. The average molecular weight is 463 g/mol. The van der Waals surface area contributed by atoms with E-state index in [9.17, 15) is 9.90 Å². The smallest absolute Gasteiger partial charge is 0.239 e. The number of fused-ring (bicyclic) bond motifs is 1. The van der Waals surface area contributed by atoms with Crippen molar-refractivity contribution >= 4 is 11.6 Å². The number of anilines is 1. The third-order valence-corrected chi connectivity index (χ3v) is 6.66. The van der Waals surface area contributed by atoms with Crippen LogP contribution in [-0.2, 0) is 29.7 Å². The number of carbonyl (C=O) groups is 1. The lowest BCUT2D eigenvalue weighted by molar-refractivity contribution is -0.123. The summed E-state index contributed by atoms with van der Waals surface area (Å²) < 4.78 is 1.67. The number of aromatic nitrogens is 3. The maximum absolute atomic E-state index is 14.1. The fraction of sp³-hybridized carbons (Fsp3) is 0.207. The zero-order valence-corrected chi connectivity index (χ0v) is 19.6. The monoisotopic (exact) mass is 462 g/mol. The van der Waals surface area contributed by atoms with Gasteiger partial charge in [-0.15, -0.1) is 17.4 Å². The molecule has 2 heterocycles. The first-order valence-corrected chi connectivity index (χ1v) is 11.6. The van der Waals surface area contributed by atoms with Gasteiger partial charge in [0.05, 0.1) is 29.9 Å². The highest BCUT2D eigenvalue weighted by Gasteiger charge is 2.51. The molecule has 5 rings (SSSR count). The molecular formula is C29H26N4O2. The molecule has 6 nitrogen and oxygen atoms in total. The first-order chi connectivity index (χ1) is 17.0. The van der Waals surface area contributed by atoms with Gasteiger partial charge in [0.2, 0.25) is 5.91 Å². The molecule has 0 unspecified atom stereocenters. The number of aryl methyl sites for hydroxylation is 1. The van der Waals surface area contributed by atoms with E-state index in [0.29, 0.717) is 25.2 Å². The van der Waals surface area contributed by atoms with E-state index in [4.69, 9.17) is 6.42 Å². The van der Waals surface area contributed by atoms with Gasteiger partial charge in [-0.2, -0.15) is 0 Å². The third kappa shape index (κ3) is 4.06. The summed E-state index contributed by atoms with van der Waals surface area (Å²) in [7, 11) is 0. The molecule has 1 aliphatic heterocycles. The first kappa shape index (κ1) is 22.4. The van der Waals surface area contributed by atoms with Crippen LogP contribution in [0.2, 0.25) is 0 Å². The van der Waals surface area contributed by atoms with Crippen molar-refractivity contribution in [2.45, 2.75) is 38.3 Å². The maximum atomic E-state index is 14.1. The topological polar surface area (TPSA) is 71.2 Å². The predicted molar refractivity (Wildman–Crippen MR) is 135 cm³/mol. The number of rotatable bonds is 7. The van der Waals surface area contributed by atoms with Crippen LogP contribution in [0, 0.1) is 19.3 Å². The van der Waals surface area contributed by atoms with Gasteiger partial charge in [-0.25, -0.2) is 4.68 Å². The van der Waals surface area contributed by atoms with Gasteiger partial charge in [-0.05, 0) is 29.7 Å². The van der Waals surface area contributed by atoms with Crippen LogP contribution in [-0.4, -0.2) is 26.0 Å². The van der Waals surface area contributed by atoms with Crippen molar-refractivity contribution in [1.29, 1.82) is 0 Å². The van der Waals surface area contributed by atoms with Crippen molar-refractivity contribution in [3.05, 3.63) is 107 Å². The highest BCUT2D eigenvalue weighted by atomic mass is 16.3. The highest BCUT2D eigenvalue weighted by molar-refractivity contribution is 6.09. The first-order valence-electron chi connectivity index (χ1n) is 11.6. The Labute approximate surface area is 204 Å². The molecule has 3 aromatic carbocycles. The summed E-state index contributed by atoms with van der Waals surface area (Å²) in [6.45, 7) is 2.88. The molecule has 0 fully saturated rings. The second kappa shape index (κ2) is 9.11. The van der Waals surface area contributed by atoms with E-state index in [1.807, 2.05) is 78.7 Å². The SMILES string of the molecule is C#CC[C@@]1(Cc2cn(Cc3ccccc3O)nn2)C(=O)N(Cc2ccccc2)c2c(C)cccc21. The Hall–Kier alpha value is -4.37. The molecule has 0 spiro atoms. The molecule has 1 aromatic heterocycles. The molecule has 0 saturated heterocycles. The molecule has 4 aromatic rings. The Morgan fingerprint density at radius 3 is 2.54 bits per heavy atom. The van der Waals surface area contributed by atoms with Gasteiger partial charge in [-0.1, -0.05) is 71.9 Å². The van der Waals surface area contributed by atoms with Gasteiger partial charge in [0.25, 0.3) is 0 Å². The maximum Gasteiger partial charge on any atom is 0.239 e. The van der Waals surface area contributed by atoms with Crippen molar-refractivity contribution in [3.63, 3.8) is 0 Å². The minimum absolute atomic E-state index is 0.0149. The summed E-state index contributed by atoms with van der Waals surface area (Å²) >= 11 is 0. The van der Waals surface area contributed by atoms with Crippen LogP contribution < -0.4 is 4.90 Å². The van der Waals surface area contributed by atoms with Crippen LogP contribution in [0.4, 0.5) is 5.69 Å². The summed E-state index contributed by atoms with van der Waals surface area (Å²) in [4.78, 5) is 16.0. The number of aromatic hydroxyl groups is 1. The Balaban J connectivity index is 1.51. The molecule has 1 N–H and O–H groups in total. The molecule has 35 heavy (non-hydrogen) atoms. The molecule has 174 valence electrons. The zero-order chi connectivity index (χ0) is 24.4. The van der Waals surface area contributed by atoms with E-state index in [2.05, 4.69) is 16.2 Å². The minimum Gasteiger partial charge on any atom is -0.508 e. The second-order valence-electron chi connectivity index (χ2n) is 9.02. The molecule has 0 bridgehead atoms. The van der Waals surface area contributed by atoms with Gasteiger partial charge in [-0.3, -0.25) is 4.79 Å². The van der Waals surface area contributed by atoms with Crippen LogP contribution in [0.3, 0.4) is 0 Å². The second-order valence-corrected chi connectivity index (χ2v) is 9.02. The van der Waals surface area contributed by atoms with Crippen molar-refractivity contribution in [2.75, 3.05) is 4.90 Å². The fourth-order valence-electron chi connectivity index (χ4n) is 5.00. The van der Waals surface area contributed by atoms with E-state index >= 15 is 0 Å². The van der Waals surface area contributed by atoms with Gasteiger partial charge in [0.15, 0.2) is 0 Å².